The van der Waals surface area contributed by atoms with Crippen molar-refractivity contribution in [1.82, 2.24) is 0 Å². The molecule has 0 unspecified atom stereocenters. The predicted octanol–water partition coefficient (Wildman–Crippen LogP) is 4.21. The summed E-state index contributed by atoms with van der Waals surface area (Å²) in [5.74, 6) is -0.896. The van der Waals surface area contributed by atoms with Gasteiger partial charge in [0.2, 0.25) is 0 Å². The summed E-state index contributed by atoms with van der Waals surface area (Å²) in [4.78, 5) is 0. The zero-order valence-corrected chi connectivity index (χ0v) is 11.1. The molecule has 100 valence electrons. The molecule has 0 spiro atoms. The summed E-state index contributed by atoms with van der Waals surface area (Å²) in [6.45, 7) is 3.81. The summed E-state index contributed by atoms with van der Waals surface area (Å²) in [7, 11) is 0. The van der Waals surface area contributed by atoms with Crippen molar-refractivity contribution in [2.75, 3.05) is 0 Å². The molecule has 0 aliphatic heterocycles. The molecule has 0 atom stereocenters. The standard InChI is InChI=1S/C15H21F2N/c1-10(2)11-6-7-12(16)13(14(11)17)15(18)8-4-3-5-9-15/h6-7,10H,3-5,8-9,18H2,1-2H3. The van der Waals surface area contributed by atoms with Crippen LogP contribution in [0.15, 0.2) is 12.1 Å². The van der Waals surface area contributed by atoms with Gasteiger partial charge in [-0.15, -0.1) is 0 Å². The van der Waals surface area contributed by atoms with E-state index in [1.54, 1.807) is 0 Å². The maximum absolute atomic E-state index is 14.5. The van der Waals surface area contributed by atoms with E-state index in [1.807, 2.05) is 13.8 Å². The molecule has 0 radical (unpaired) electrons. The first kappa shape index (κ1) is 13.5. The maximum atomic E-state index is 14.5. The first-order valence-corrected chi connectivity index (χ1v) is 6.73. The molecule has 0 amide bonds. The molecule has 1 aromatic rings. The van der Waals surface area contributed by atoms with Gasteiger partial charge >= 0.3 is 0 Å². The fraction of sp³-hybridized carbons (Fsp3) is 0.600. The van der Waals surface area contributed by atoms with E-state index in [-0.39, 0.29) is 11.5 Å². The molecule has 1 aromatic carbocycles. The van der Waals surface area contributed by atoms with Crippen LogP contribution in [0.2, 0.25) is 0 Å². The van der Waals surface area contributed by atoms with E-state index < -0.39 is 17.2 Å². The smallest absolute Gasteiger partial charge is 0.134 e. The van der Waals surface area contributed by atoms with Gasteiger partial charge in [0.1, 0.15) is 11.6 Å². The van der Waals surface area contributed by atoms with Crippen LogP contribution in [0, 0.1) is 11.6 Å². The number of halogens is 2. The summed E-state index contributed by atoms with van der Waals surface area (Å²) in [6.07, 6.45) is 4.33. The van der Waals surface area contributed by atoms with Crippen molar-refractivity contribution in [2.45, 2.75) is 57.4 Å². The second-order valence-corrected chi connectivity index (χ2v) is 5.70. The summed E-state index contributed by atoms with van der Waals surface area (Å²) < 4.78 is 28.5. The Morgan fingerprint density at radius 1 is 1.11 bits per heavy atom. The van der Waals surface area contributed by atoms with Gasteiger partial charge < -0.3 is 5.73 Å². The molecule has 0 saturated heterocycles. The van der Waals surface area contributed by atoms with Crippen LogP contribution in [0.25, 0.3) is 0 Å². The normalized spacial score (nSPS) is 19.2. The summed E-state index contributed by atoms with van der Waals surface area (Å²) >= 11 is 0. The molecule has 0 aromatic heterocycles. The summed E-state index contributed by atoms with van der Waals surface area (Å²) in [6, 6.07) is 2.89. The van der Waals surface area contributed by atoms with Gasteiger partial charge in [-0.05, 0) is 30.4 Å². The van der Waals surface area contributed by atoms with Gasteiger partial charge in [0, 0.05) is 11.1 Å². The van der Waals surface area contributed by atoms with E-state index in [0.717, 1.165) is 19.3 Å². The molecule has 1 fully saturated rings. The van der Waals surface area contributed by atoms with Crippen LogP contribution in [0.5, 0.6) is 0 Å². The minimum absolute atomic E-state index is 0.0385. The Hall–Kier alpha value is -0.960. The van der Waals surface area contributed by atoms with Crippen molar-refractivity contribution in [3.8, 4) is 0 Å². The Bertz CT molecular complexity index is 434. The van der Waals surface area contributed by atoms with Gasteiger partial charge in [-0.2, -0.15) is 0 Å². The zero-order chi connectivity index (χ0) is 13.3. The molecule has 1 aliphatic carbocycles. The van der Waals surface area contributed by atoms with Crippen LogP contribution in [0.4, 0.5) is 8.78 Å². The van der Waals surface area contributed by atoms with Crippen LogP contribution < -0.4 is 5.73 Å². The monoisotopic (exact) mass is 253 g/mol. The molecule has 3 heteroatoms. The van der Waals surface area contributed by atoms with Crippen LogP contribution in [-0.2, 0) is 5.54 Å². The lowest BCUT2D eigenvalue weighted by atomic mass is 9.76. The molecule has 1 saturated carbocycles. The number of hydrogen-bond acceptors (Lipinski definition) is 1. The average molecular weight is 253 g/mol. The third kappa shape index (κ3) is 2.28. The summed E-state index contributed by atoms with van der Waals surface area (Å²) in [5, 5.41) is 0. The fourth-order valence-electron chi connectivity index (χ4n) is 2.90. The van der Waals surface area contributed by atoms with E-state index >= 15 is 0 Å². The van der Waals surface area contributed by atoms with Crippen molar-refractivity contribution in [3.63, 3.8) is 0 Å². The number of hydrogen-bond donors (Lipinski definition) is 1. The Morgan fingerprint density at radius 3 is 2.28 bits per heavy atom. The van der Waals surface area contributed by atoms with Crippen LogP contribution in [-0.4, -0.2) is 0 Å². The van der Waals surface area contributed by atoms with Gasteiger partial charge in [0.15, 0.2) is 0 Å². The molecular formula is C15H21F2N. The first-order chi connectivity index (χ1) is 8.46. The molecule has 1 aliphatic rings. The fourth-order valence-corrected chi connectivity index (χ4v) is 2.90. The maximum Gasteiger partial charge on any atom is 0.134 e. The van der Waals surface area contributed by atoms with Crippen LogP contribution >= 0.6 is 0 Å². The highest BCUT2D eigenvalue weighted by Crippen LogP contribution is 2.39. The molecule has 2 rings (SSSR count). The lowest BCUT2D eigenvalue weighted by molar-refractivity contribution is 0.281. The number of rotatable bonds is 2. The van der Waals surface area contributed by atoms with Crippen molar-refractivity contribution >= 4 is 0 Å². The SMILES string of the molecule is CC(C)c1ccc(F)c(C2(N)CCCCC2)c1F. The van der Waals surface area contributed by atoms with Crippen LogP contribution in [0.1, 0.15) is 63.0 Å². The van der Waals surface area contributed by atoms with Crippen molar-refractivity contribution in [3.05, 3.63) is 34.9 Å². The minimum atomic E-state index is -0.822. The van der Waals surface area contributed by atoms with E-state index in [1.165, 1.54) is 12.1 Å². The van der Waals surface area contributed by atoms with Crippen molar-refractivity contribution < 1.29 is 8.78 Å². The summed E-state index contributed by atoms with van der Waals surface area (Å²) in [5.41, 5.74) is 6.11. The lowest BCUT2D eigenvalue weighted by Crippen LogP contribution is -2.40. The van der Waals surface area contributed by atoms with Gasteiger partial charge in [0.05, 0.1) is 0 Å². The van der Waals surface area contributed by atoms with E-state index in [0.29, 0.717) is 18.4 Å². The third-order valence-corrected chi connectivity index (χ3v) is 3.99. The lowest BCUT2D eigenvalue weighted by Gasteiger charge is -2.35. The quantitative estimate of drug-likeness (QED) is 0.839. The largest absolute Gasteiger partial charge is 0.321 e. The topological polar surface area (TPSA) is 26.0 Å². The molecule has 1 nitrogen and oxygen atoms in total. The van der Waals surface area contributed by atoms with Gasteiger partial charge in [0.25, 0.3) is 0 Å². The second kappa shape index (κ2) is 4.96. The Kier molecular flexibility index (Phi) is 3.71. The molecular weight excluding hydrogens is 232 g/mol. The molecule has 2 N–H and O–H groups in total. The molecule has 18 heavy (non-hydrogen) atoms. The molecule has 0 heterocycles. The van der Waals surface area contributed by atoms with E-state index in [2.05, 4.69) is 0 Å². The molecule has 0 bridgehead atoms. The first-order valence-electron chi connectivity index (χ1n) is 6.73. The van der Waals surface area contributed by atoms with Crippen molar-refractivity contribution in [1.29, 1.82) is 0 Å². The van der Waals surface area contributed by atoms with Gasteiger partial charge in [-0.1, -0.05) is 39.2 Å². The van der Waals surface area contributed by atoms with Gasteiger partial charge in [-0.3, -0.25) is 0 Å². The number of nitrogens with two attached hydrogens (primary N) is 1. The highest BCUT2D eigenvalue weighted by molar-refractivity contribution is 5.35. The second-order valence-electron chi connectivity index (χ2n) is 5.70. The van der Waals surface area contributed by atoms with Crippen molar-refractivity contribution in [2.24, 2.45) is 5.73 Å². The van der Waals surface area contributed by atoms with E-state index in [9.17, 15) is 8.78 Å². The average Bonchev–Trinajstić information content (AvgIpc) is 2.29. The van der Waals surface area contributed by atoms with Crippen LogP contribution in [0.3, 0.4) is 0 Å². The number of benzene rings is 1. The minimum Gasteiger partial charge on any atom is -0.321 e. The Morgan fingerprint density at radius 2 is 1.72 bits per heavy atom. The highest BCUT2D eigenvalue weighted by atomic mass is 19.1. The Balaban J connectivity index is 2.51. The predicted molar refractivity (Wildman–Crippen MR) is 69.4 cm³/mol. The Labute approximate surface area is 107 Å². The zero-order valence-electron chi connectivity index (χ0n) is 11.1. The van der Waals surface area contributed by atoms with E-state index in [4.69, 9.17) is 5.73 Å². The third-order valence-electron chi connectivity index (χ3n) is 3.99. The van der Waals surface area contributed by atoms with Gasteiger partial charge in [-0.25, -0.2) is 8.78 Å². The highest BCUT2D eigenvalue weighted by Gasteiger charge is 2.35.